The van der Waals surface area contributed by atoms with Crippen molar-refractivity contribution in [2.75, 3.05) is 20.5 Å². The van der Waals surface area contributed by atoms with Gasteiger partial charge in [-0.3, -0.25) is 0 Å². The van der Waals surface area contributed by atoms with Crippen molar-refractivity contribution in [2.24, 2.45) is 0 Å². The zero-order valence-corrected chi connectivity index (χ0v) is 14.6. The second kappa shape index (κ2) is 8.49. The van der Waals surface area contributed by atoms with Crippen LogP contribution in [0.4, 0.5) is 4.39 Å². The molecule has 2 aromatic rings. The molecular weight excluding hydrogens is 391 g/mol. The molecule has 0 saturated carbocycles. The van der Waals surface area contributed by atoms with E-state index in [4.69, 9.17) is 25.8 Å². The molecule has 23 heavy (non-hydrogen) atoms. The maximum Gasteiger partial charge on any atom is 0.188 e. The Balaban J connectivity index is 2.09. The molecule has 0 saturated heterocycles. The number of para-hydroxylation sites is 1. The van der Waals surface area contributed by atoms with Gasteiger partial charge in [-0.15, -0.1) is 0 Å². The number of methoxy groups -OCH3 is 1. The number of hydrogen-bond donors (Lipinski definition) is 1. The molecule has 0 aliphatic carbocycles. The van der Waals surface area contributed by atoms with E-state index in [1.807, 2.05) is 0 Å². The van der Waals surface area contributed by atoms with E-state index in [0.29, 0.717) is 16.0 Å². The third kappa shape index (κ3) is 4.81. The number of hydrogen-bond acceptors (Lipinski definition) is 4. The van der Waals surface area contributed by atoms with Gasteiger partial charge in [-0.05, 0) is 40.2 Å². The van der Waals surface area contributed by atoms with Crippen LogP contribution in [0, 0.1) is 5.82 Å². The van der Waals surface area contributed by atoms with Crippen LogP contribution < -0.4 is 9.47 Å². The minimum atomic E-state index is -1.14. The summed E-state index contributed by atoms with van der Waals surface area (Å²) in [6.07, 6.45) is -1.14. The molecule has 7 heteroatoms. The summed E-state index contributed by atoms with van der Waals surface area (Å²) in [5.74, 6) is 0.265. The van der Waals surface area contributed by atoms with E-state index in [-0.39, 0.29) is 24.0 Å². The highest BCUT2D eigenvalue weighted by Gasteiger charge is 2.16. The fourth-order valence-electron chi connectivity index (χ4n) is 1.89. The van der Waals surface area contributed by atoms with Gasteiger partial charge in [-0.2, -0.15) is 0 Å². The SMILES string of the molecule is COCOc1c(Br)cccc1OC[C@H](O)c1ccc(Cl)cc1F. The van der Waals surface area contributed by atoms with Crippen molar-refractivity contribution in [1.82, 2.24) is 0 Å². The third-order valence-electron chi connectivity index (χ3n) is 2.97. The van der Waals surface area contributed by atoms with Gasteiger partial charge in [-0.1, -0.05) is 23.7 Å². The fourth-order valence-corrected chi connectivity index (χ4v) is 2.51. The number of aliphatic hydroxyl groups is 1. The van der Waals surface area contributed by atoms with Gasteiger partial charge < -0.3 is 19.3 Å². The van der Waals surface area contributed by atoms with Crippen LogP contribution in [-0.2, 0) is 4.74 Å². The quantitative estimate of drug-likeness (QED) is 0.696. The Kier molecular flexibility index (Phi) is 6.65. The molecule has 0 fully saturated rings. The van der Waals surface area contributed by atoms with Crippen LogP contribution in [0.25, 0.3) is 0 Å². The summed E-state index contributed by atoms with van der Waals surface area (Å²) in [5, 5.41) is 10.4. The van der Waals surface area contributed by atoms with E-state index in [2.05, 4.69) is 15.9 Å². The van der Waals surface area contributed by atoms with Crippen molar-refractivity contribution < 1.29 is 23.7 Å². The zero-order valence-electron chi connectivity index (χ0n) is 12.3. The lowest BCUT2D eigenvalue weighted by Crippen LogP contribution is -2.12. The van der Waals surface area contributed by atoms with Crippen LogP contribution in [0.3, 0.4) is 0 Å². The van der Waals surface area contributed by atoms with Gasteiger partial charge in [0.25, 0.3) is 0 Å². The molecule has 0 spiro atoms. The molecule has 0 aliphatic heterocycles. The maximum absolute atomic E-state index is 13.8. The molecule has 4 nitrogen and oxygen atoms in total. The molecule has 0 bridgehead atoms. The fraction of sp³-hybridized carbons (Fsp3) is 0.250. The number of rotatable bonds is 7. The highest BCUT2D eigenvalue weighted by molar-refractivity contribution is 9.10. The molecule has 2 aromatic carbocycles. The van der Waals surface area contributed by atoms with Gasteiger partial charge >= 0.3 is 0 Å². The maximum atomic E-state index is 13.8. The monoisotopic (exact) mass is 404 g/mol. The molecule has 1 N–H and O–H groups in total. The smallest absolute Gasteiger partial charge is 0.188 e. The summed E-state index contributed by atoms with van der Waals surface area (Å²) >= 11 is 9.05. The van der Waals surface area contributed by atoms with Crippen molar-refractivity contribution in [3.8, 4) is 11.5 Å². The van der Waals surface area contributed by atoms with Gasteiger partial charge in [0.05, 0.1) is 4.47 Å². The van der Waals surface area contributed by atoms with Crippen LogP contribution in [0.2, 0.25) is 5.02 Å². The Bertz CT molecular complexity index is 669. The first kappa shape index (κ1) is 18.0. The van der Waals surface area contributed by atoms with E-state index < -0.39 is 11.9 Å². The topological polar surface area (TPSA) is 47.9 Å². The Morgan fingerprint density at radius 2 is 2.04 bits per heavy atom. The average Bonchev–Trinajstić information content (AvgIpc) is 2.51. The van der Waals surface area contributed by atoms with Crippen molar-refractivity contribution in [1.29, 1.82) is 0 Å². The normalized spacial score (nSPS) is 12.0. The molecule has 124 valence electrons. The predicted molar refractivity (Wildman–Crippen MR) is 88.5 cm³/mol. The molecule has 0 aromatic heterocycles. The number of benzene rings is 2. The van der Waals surface area contributed by atoms with Crippen LogP contribution in [0.15, 0.2) is 40.9 Å². The molecule has 0 heterocycles. The molecular formula is C16H15BrClFO4. The molecule has 0 unspecified atom stereocenters. The predicted octanol–water partition coefficient (Wildman–Crippen LogP) is 4.34. The zero-order chi connectivity index (χ0) is 16.8. The summed E-state index contributed by atoms with van der Waals surface area (Å²) in [4.78, 5) is 0. The third-order valence-corrected chi connectivity index (χ3v) is 3.83. The second-order valence-corrected chi connectivity index (χ2v) is 5.90. The Morgan fingerprint density at radius 1 is 1.26 bits per heavy atom. The lowest BCUT2D eigenvalue weighted by molar-refractivity contribution is 0.0456. The van der Waals surface area contributed by atoms with E-state index in [0.717, 1.165) is 6.07 Å². The summed E-state index contributed by atoms with van der Waals surface area (Å²) in [6.45, 7) is -0.0916. The van der Waals surface area contributed by atoms with Gasteiger partial charge in [-0.25, -0.2) is 4.39 Å². The highest BCUT2D eigenvalue weighted by Crippen LogP contribution is 2.35. The Labute approximate surface area is 146 Å². The Morgan fingerprint density at radius 3 is 2.74 bits per heavy atom. The van der Waals surface area contributed by atoms with Crippen LogP contribution in [0.1, 0.15) is 11.7 Å². The largest absolute Gasteiger partial charge is 0.487 e. The minimum Gasteiger partial charge on any atom is -0.487 e. The van der Waals surface area contributed by atoms with Crippen LogP contribution >= 0.6 is 27.5 Å². The molecule has 1 atom stereocenters. The van der Waals surface area contributed by atoms with Crippen LogP contribution in [-0.4, -0.2) is 25.6 Å². The number of halogens is 3. The highest BCUT2D eigenvalue weighted by atomic mass is 79.9. The number of aliphatic hydroxyl groups excluding tert-OH is 1. The van der Waals surface area contributed by atoms with Crippen molar-refractivity contribution in [3.05, 3.63) is 57.3 Å². The van der Waals surface area contributed by atoms with Crippen molar-refractivity contribution in [2.45, 2.75) is 6.10 Å². The summed E-state index contributed by atoms with van der Waals surface area (Å²) in [5.41, 5.74) is 0.115. The Hall–Kier alpha value is -1.34. The van der Waals surface area contributed by atoms with E-state index in [9.17, 15) is 9.50 Å². The summed E-state index contributed by atoms with van der Waals surface area (Å²) < 4.78 is 30.3. The van der Waals surface area contributed by atoms with Gasteiger partial charge in [0.15, 0.2) is 18.3 Å². The van der Waals surface area contributed by atoms with E-state index >= 15 is 0 Å². The van der Waals surface area contributed by atoms with E-state index in [1.54, 1.807) is 18.2 Å². The van der Waals surface area contributed by atoms with Gasteiger partial charge in [0.2, 0.25) is 0 Å². The molecule has 0 aliphatic rings. The first-order valence-electron chi connectivity index (χ1n) is 6.69. The van der Waals surface area contributed by atoms with Crippen LogP contribution in [0.5, 0.6) is 11.5 Å². The van der Waals surface area contributed by atoms with Gasteiger partial charge in [0.1, 0.15) is 18.5 Å². The first-order chi connectivity index (χ1) is 11.0. The van der Waals surface area contributed by atoms with E-state index in [1.165, 1.54) is 19.2 Å². The van der Waals surface area contributed by atoms with Crippen molar-refractivity contribution >= 4 is 27.5 Å². The standard InChI is InChI=1S/C16H15BrClFO4/c1-21-9-23-16-12(17)3-2-4-15(16)22-8-14(20)11-6-5-10(18)7-13(11)19/h2-7,14,20H,8-9H2,1H3/t14-/m0/s1. The summed E-state index contributed by atoms with van der Waals surface area (Å²) in [7, 11) is 1.50. The molecule has 2 rings (SSSR count). The number of ether oxygens (including phenoxy) is 3. The van der Waals surface area contributed by atoms with Crippen molar-refractivity contribution in [3.63, 3.8) is 0 Å². The second-order valence-electron chi connectivity index (χ2n) is 4.61. The van der Waals surface area contributed by atoms with Gasteiger partial charge in [0, 0.05) is 17.7 Å². The molecule has 0 amide bonds. The average molecular weight is 406 g/mol. The summed E-state index contributed by atoms with van der Waals surface area (Å²) in [6, 6.07) is 9.30. The molecule has 0 radical (unpaired) electrons. The minimum absolute atomic E-state index is 0.0489. The first-order valence-corrected chi connectivity index (χ1v) is 7.86. The lowest BCUT2D eigenvalue weighted by Gasteiger charge is -2.16. The lowest BCUT2D eigenvalue weighted by atomic mass is 10.1.